The number of benzene rings is 3. The van der Waals surface area contributed by atoms with E-state index in [0.29, 0.717) is 5.56 Å². The van der Waals surface area contributed by atoms with Crippen LogP contribution in [0.25, 0.3) is 21.9 Å². The Kier molecular flexibility index (Phi) is 5.31. The first kappa shape index (κ1) is 18.1. The molecule has 0 atom stereocenters. The number of aryl methyl sites for hydroxylation is 1. The van der Waals surface area contributed by atoms with Gasteiger partial charge in [-0.1, -0.05) is 56.3 Å². The lowest BCUT2D eigenvalue weighted by molar-refractivity contribution is 0.343. The van der Waals surface area contributed by atoms with E-state index in [0.717, 1.165) is 18.4 Å². The zero-order valence-corrected chi connectivity index (χ0v) is 14.5. The molecule has 0 unspecified atom stereocenters. The predicted molar refractivity (Wildman–Crippen MR) is 98.9 cm³/mol. The molecule has 0 bridgehead atoms. The van der Waals surface area contributed by atoms with Gasteiger partial charge in [0.25, 0.3) is 0 Å². The van der Waals surface area contributed by atoms with Gasteiger partial charge in [0.2, 0.25) is 0 Å². The second-order valence-corrected chi connectivity index (χ2v) is 6.07. The molecule has 4 heteroatoms. The lowest BCUT2D eigenvalue weighted by Gasteiger charge is -2.12. The second kappa shape index (κ2) is 7.65. The van der Waals surface area contributed by atoms with Gasteiger partial charge in [0, 0.05) is 5.56 Å². The minimum absolute atomic E-state index is 0.0781. The fraction of sp³-hybridized carbons (Fsp3) is 0.182. The maximum Gasteiger partial charge on any atom is 0.175 e. The highest BCUT2D eigenvalue weighted by molar-refractivity contribution is 5.90. The highest BCUT2D eigenvalue weighted by Crippen LogP contribution is 2.35. The summed E-state index contributed by atoms with van der Waals surface area (Å²) in [7, 11) is 0. The Morgan fingerprint density at radius 2 is 1.69 bits per heavy atom. The smallest absolute Gasteiger partial charge is 0.175 e. The average Bonchev–Trinajstić information content (AvgIpc) is 2.65. The molecule has 134 valence electrons. The fourth-order valence-corrected chi connectivity index (χ4v) is 2.97. The molecule has 0 radical (unpaired) electrons. The molecule has 0 aliphatic rings. The van der Waals surface area contributed by atoms with Crippen LogP contribution in [0.1, 0.15) is 18.9 Å². The lowest BCUT2D eigenvalue weighted by atomic mass is 9.98. The average molecular weight is 356 g/mol. The van der Waals surface area contributed by atoms with Crippen LogP contribution in [0.4, 0.5) is 13.2 Å². The third kappa shape index (κ3) is 3.32. The zero-order valence-electron chi connectivity index (χ0n) is 14.5. The van der Waals surface area contributed by atoms with Crippen molar-refractivity contribution in [1.29, 1.82) is 0 Å². The van der Waals surface area contributed by atoms with Crippen molar-refractivity contribution in [1.82, 2.24) is 0 Å². The predicted octanol–water partition coefficient (Wildman–Crippen LogP) is 6.44. The van der Waals surface area contributed by atoms with E-state index in [-0.39, 0.29) is 23.3 Å². The summed E-state index contributed by atoms with van der Waals surface area (Å²) in [4.78, 5) is 0. The van der Waals surface area contributed by atoms with E-state index in [1.807, 2.05) is 12.1 Å². The summed E-state index contributed by atoms with van der Waals surface area (Å²) in [6.07, 6.45) is 3.38. The molecule has 3 aromatic rings. The van der Waals surface area contributed by atoms with Gasteiger partial charge in [0.15, 0.2) is 23.2 Å². The fourth-order valence-electron chi connectivity index (χ4n) is 2.97. The van der Waals surface area contributed by atoms with Gasteiger partial charge < -0.3 is 4.74 Å². The number of rotatable bonds is 6. The van der Waals surface area contributed by atoms with E-state index >= 15 is 0 Å². The summed E-state index contributed by atoms with van der Waals surface area (Å²) < 4.78 is 48.9. The Balaban J connectivity index is 2.11. The SMILES string of the molecule is C=CCOc1ccc2cc(-c3ccc(CCC)cc3)c(F)c(F)c2c1F. The molecule has 3 aromatic carbocycles. The minimum Gasteiger partial charge on any atom is -0.486 e. The molecule has 0 saturated carbocycles. The summed E-state index contributed by atoms with van der Waals surface area (Å²) in [5.41, 5.74) is 1.79. The molecular formula is C22H19F3O. The van der Waals surface area contributed by atoms with Crippen molar-refractivity contribution in [2.24, 2.45) is 0 Å². The van der Waals surface area contributed by atoms with Crippen molar-refractivity contribution in [3.05, 3.63) is 78.1 Å². The number of hydrogen-bond donors (Lipinski definition) is 0. The number of fused-ring (bicyclic) bond motifs is 1. The van der Waals surface area contributed by atoms with Gasteiger partial charge in [-0.05, 0) is 35.1 Å². The van der Waals surface area contributed by atoms with E-state index < -0.39 is 22.8 Å². The first-order valence-corrected chi connectivity index (χ1v) is 8.50. The topological polar surface area (TPSA) is 9.23 Å². The standard InChI is InChI=1S/C22H19F3O/c1-3-5-14-6-8-15(9-7-14)17-13-16-10-11-18(26-12-4-2)21(24)19(16)22(25)20(17)23/h4,6-11,13H,2-3,5,12H2,1H3. The highest BCUT2D eigenvalue weighted by atomic mass is 19.2. The van der Waals surface area contributed by atoms with E-state index in [1.165, 1.54) is 24.3 Å². The Morgan fingerprint density at radius 1 is 0.962 bits per heavy atom. The molecular weight excluding hydrogens is 337 g/mol. The van der Waals surface area contributed by atoms with Crippen LogP contribution in [0.5, 0.6) is 5.75 Å². The van der Waals surface area contributed by atoms with Gasteiger partial charge in [-0.2, -0.15) is 0 Å². The summed E-state index contributed by atoms with van der Waals surface area (Å²) in [6, 6.07) is 11.7. The summed E-state index contributed by atoms with van der Waals surface area (Å²) in [5, 5.41) is -0.129. The minimum atomic E-state index is -1.21. The molecule has 0 aliphatic carbocycles. The van der Waals surface area contributed by atoms with Gasteiger partial charge in [0.05, 0.1) is 5.39 Å². The van der Waals surface area contributed by atoms with E-state index in [1.54, 1.807) is 12.1 Å². The molecule has 1 nitrogen and oxygen atoms in total. The van der Waals surface area contributed by atoms with Gasteiger partial charge in [-0.15, -0.1) is 0 Å². The molecule has 0 heterocycles. The Bertz CT molecular complexity index is 946. The molecule has 0 aliphatic heterocycles. The Morgan fingerprint density at radius 3 is 2.35 bits per heavy atom. The second-order valence-electron chi connectivity index (χ2n) is 6.07. The molecule has 3 rings (SSSR count). The summed E-state index contributed by atoms with van der Waals surface area (Å²) >= 11 is 0. The molecule has 0 spiro atoms. The third-order valence-corrected chi connectivity index (χ3v) is 4.25. The van der Waals surface area contributed by atoms with E-state index in [2.05, 4.69) is 13.5 Å². The van der Waals surface area contributed by atoms with Crippen molar-refractivity contribution in [2.45, 2.75) is 19.8 Å². The van der Waals surface area contributed by atoms with Gasteiger partial charge in [-0.25, -0.2) is 13.2 Å². The molecule has 0 saturated heterocycles. The van der Waals surface area contributed by atoms with Crippen LogP contribution >= 0.6 is 0 Å². The van der Waals surface area contributed by atoms with Crippen LogP contribution in [-0.2, 0) is 6.42 Å². The molecule has 0 N–H and O–H groups in total. The first-order valence-electron chi connectivity index (χ1n) is 8.50. The van der Waals surface area contributed by atoms with Gasteiger partial charge >= 0.3 is 0 Å². The summed E-state index contributed by atoms with van der Waals surface area (Å²) in [5.74, 6) is -3.32. The van der Waals surface area contributed by atoms with Crippen LogP contribution in [0.15, 0.2) is 55.1 Å². The van der Waals surface area contributed by atoms with Crippen LogP contribution < -0.4 is 4.74 Å². The van der Waals surface area contributed by atoms with Crippen molar-refractivity contribution in [3.8, 4) is 16.9 Å². The number of hydrogen-bond acceptors (Lipinski definition) is 1. The first-order chi connectivity index (χ1) is 12.6. The van der Waals surface area contributed by atoms with Crippen LogP contribution in [-0.4, -0.2) is 6.61 Å². The van der Waals surface area contributed by atoms with E-state index in [4.69, 9.17) is 4.74 Å². The lowest BCUT2D eigenvalue weighted by Crippen LogP contribution is -1.99. The molecule has 0 fully saturated rings. The van der Waals surface area contributed by atoms with Crippen molar-refractivity contribution in [3.63, 3.8) is 0 Å². The van der Waals surface area contributed by atoms with Crippen LogP contribution in [0, 0.1) is 17.5 Å². The van der Waals surface area contributed by atoms with Crippen molar-refractivity contribution < 1.29 is 17.9 Å². The monoisotopic (exact) mass is 356 g/mol. The quantitative estimate of drug-likeness (QED) is 0.462. The molecule has 0 aromatic heterocycles. The Hall–Kier alpha value is -2.75. The van der Waals surface area contributed by atoms with Crippen LogP contribution in [0.2, 0.25) is 0 Å². The molecule has 0 amide bonds. The largest absolute Gasteiger partial charge is 0.486 e. The summed E-state index contributed by atoms with van der Waals surface area (Å²) in [6.45, 7) is 5.64. The van der Waals surface area contributed by atoms with Crippen molar-refractivity contribution in [2.75, 3.05) is 6.61 Å². The van der Waals surface area contributed by atoms with Gasteiger partial charge in [0.1, 0.15) is 6.61 Å². The maximum atomic E-state index is 14.6. The van der Waals surface area contributed by atoms with Gasteiger partial charge in [-0.3, -0.25) is 0 Å². The van der Waals surface area contributed by atoms with Crippen molar-refractivity contribution >= 4 is 10.8 Å². The normalized spacial score (nSPS) is 10.9. The van der Waals surface area contributed by atoms with Crippen LogP contribution in [0.3, 0.4) is 0 Å². The zero-order chi connectivity index (χ0) is 18.7. The highest BCUT2D eigenvalue weighted by Gasteiger charge is 2.20. The third-order valence-electron chi connectivity index (χ3n) is 4.25. The maximum absolute atomic E-state index is 14.6. The number of halogens is 3. The Labute approximate surface area is 150 Å². The van der Waals surface area contributed by atoms with E-state index in [9.17, 15) is 13.2 Å². The molecule has 26 heavy (non-hydrogen) atoms. The number of ether oxygens (including phenoxy) is 1.